The zero-order chi connectivity index (χ0) is 61.4. The van der Waals surface area contributed by atoms with Crippen molar-refractivity contribution in [2.75, 3.05) is 19.7 Å². The summed E-state index contributed by atoms with van der Waals surface area (Å²) in [4.78, 5) is 112. The average Bonchev–Trinajstić information content (AvgIpc) is 3.90. The van der Waals surface area contributed by atoms with E-state index in [4.69, 9.17) is 24.7 Å². The van der Waals surface area contributed by atoms with Crippen molar-refractivity contribution in [2.45, 2.75) is 121 Å². The van der Waals surface area contributed by atoms with E-state index in [0.717, 1.165) is 16.7 Å². The zero-order valence-corrected chi connectivity index (χ0v) is 48.8. The number of carbonyl (C=O) groups is 8. The van der Waals surface area contributed by atoms with Gasteiger partial charge in [-0.25, -0.2) is 4.79 Å². The Kier molecular flexibility index (Phi) is 23.8. The Morgan fingerprint density at radius 3 is 1.49 bits per heavy atom. The first-order valence-corrected chi connectivity index (χ1v) is 28.6. The molecule has 8 amide bonds. The number of alkyl carbamates (subject to hydrolysis) is 1. The van der Waals surface area contributed by atoms with Crippen LogP contribution in [0.15, 0.2) is 170 Å². The summed E-state index contributed by atoms with van der Waals surface area (Å²) >= 11 is 0. The number of carbonyl (C=O) groups excluding carboxylic acids is 8. The molecule has 0 spiro atoms. The Balaban J connectivity index is 1.01. The van der Waals surface area contributed by atoms with E-state index in [0.29, 0.717) is 47.8 Å². The zero-order valence-electron chi connectivity index (χ0n) is 48.8. The summed E-state index contributed by atoms with van der Waals surface area (Å²) in [6.45, 7) is 6.64. The number of rotatable bonds is 29. The molecule has 8 N–H and O–H groups in total. The van der Waals surface area contributed by atoms with Crippen molar-refractivity contribution in [3.05, 3.63) is 203 Å². The number of hydrogen-bond acceptors (Lipinski definition) is 12. The number of ether oxygens (including phenoxy) is 4. The second-order valence-electron chi connectivity index (χ2n) is 21.9. The van der Waals surface area contributed by atoms with Gasteiger partial charge in [0.25, 0.3) is 0 Å². The molecule has 0 saturated carbocycles. The van der Waals surface area contributed by atoms with Crippen molar-refractivity contribution in [1.82, 2.24) is 36.8 Å². The highest BCUT2D eigenvalue weighted by molar-refractivity contribution is 5.97. The summed E-state index contributed by atoms with van der Waals surface area (Å²) in [7, 11) is 0. The van der Waals surface area contributed by atoms with Gasteiger partial charge in [-0.15, -0.1) is 0 Å². The van der Waals surface area contributed by atoms with Gasteiger partial charge in [0.1, 0.15) is 66.6 Å². The quantitative estimate of drug-likeness (QED) is 0.0305. The van der Waals surface area contributed by atoms with Crippen molar-refractivity contribution in [1.29, 1.82) is 0 Å². The summed E-state index contributed by atoms with van der Waals surface area (Å²) in [5, 5.41) is 16.1. The minimum absolute atomic E-state index is 0.0133. The van der Waals surface area contributed by atoms with E-state index in [-0.39, 0.29) is 45.4 Å². The molecule has 6 atom stereocenters. The highest BCUT2D eigenvalue weighted by Gasteiger charge is 2.39. The van der Waals surface area contributed by atoms with Gasteiger partial charge in [0.05, 0.1) is 19.8 Å². The van der Waals surface area contributed by atoms with Gasteiger partial charge < -0.3 is 61.5 Å². The molecular formula is C66H76N8O12. The molecule has 452 valence electrons. The van der Waals surface area contributed by atoms with Crippen LogP contribution in [0.25, 0.3) is 0 Å². The highest BCUT2D eigenvalue weighted by atomic mass is 16.6. The van der Waals surface area contributed by atoms with Crippen LogP contribution >= 0.6 is 0 Å². The monoisotopic (exact) mass is 1170 g/mol. The number of benzene rings is 6. The van der Waals surface area contributed by atoms with Crippen molar-refractivity contribution in [2.24, 2.45) is 5.73 Å². The smallest absolute Gasteiger partial charge is 0.408 e. The number of nitrogens with one attached hydrogen (secondary N) is 6. The van der Waals surface area contributed by atoms with Crippen LogP contribution in [0.5, 0.6) is 11.5 Å². The number of nitrogens with zero attached hydrogens (tertiary/aromatic N) is 1. The first-order valence-electron chi connectivity index (χ1n) is 28.6. The molecular weight excluding hydrogens is 1100 g/mol. The fourth-order valence-electron chi connectivity index (χ4n) is 9.36. The van der Waals surface area contributed by atoms with E-state index < -0.39 is 95.8 Å². The molecule has 1 saturated heterocycles. The van der Waals surface area contributed by atoms with Crippen LogP contribution in [0.4, 0.5) is 4.79 Å². The van der Waals surface area contributed by atoms with Gasteiger partial charge in [0.15, 0.2) is 0 Å². The van der Waals surface area contributed by atoms with E-state index in [1.54, 1.807) is 99.6 Å². The van der Waals surface area contributed by atoms with Gasteiger partial charge >= 0.3 is 6.09 Å². The molecule has 0 radical (unpaired) electrons. The predicted octanol–water partition coefficient (Wildman–Crippen LogP) is 5.53. The molecule has 0 bridgehead atoms. The van der Waals surface area contributed by atoms with E-state index in [9.17, 15) is 38.4 Å². The van der Waals surface area contributed by atoms with Crippen LogP contribution in [-0.4, -0.2) is 114 Å². The van der Waals surface area contributed by atoms with E-state index in [1.165, 1.54) is 11.8 Å². The first-order chi connectivity index (χ1) is 41.3. The van der Waals surface area contributed by atoms with Crippen molar-refractivity contribution >= 4 is 47.4 Å². The second-order valence-corrected chi connectivity index (χ2v) is 21.9. The third-order valence-electron chi connectivity index (χ3n) is 13.8. The van der Waals surface area contributed by atoms with Crippen LogP contribution in [0.2, 0.25) is 0 Å². The third kappa shape index (κ3) is 20.9. The molecule has 1 aliphatic rings. The Hall–Kier alpha value is -9.56. The number of nitrogens with two attached hydrogens (primary N) is 1. The number of likely N-dealkylation sites (tertiary alicyclic amines) is 1. The summed E-state index contributed by atoms with van der Waals surface area (Å²) in [6.07, 6.45) is -0.176. The molecule has 1 aliphatic heterocycles. The fourth-order valence-corrected chi connectivity index (χ4v) is 9.36. The van der Waals surface area contributed by atoms with E-state index >= 15 is 0 Å². The maximum absolute atomic E-state index is 14.7. The lowest BCUT2D eigenvalue weighted by Crippen LogP contribution is -2.58. The molecule has 0 aromatic heterocycles. The maximum atomic E-state index is 14.7. The van der Waals surface area contributed by atoms with Gasteiger partial charge in [-0.2, -0.15) is 0 Å². The standard InChI is InChI=1S/C66H76N8O12/c1-44(69-62(79)54(73-65(82)86-66(2,3)4)37-46-27-31-51(32-28-46)84-41-49-22-13-7-14-23-49)60(77)71-53(36-45-18-9-5-10-19-45)61(78)68-39-58(75)70-55(38-47-29-33-52(34-30-47)85-42-50-24-15-8-16-25-50)64(81)74-35-17-26-57(74)63(80)72-56(59(67)76)43-83-40-48-20-11-6-12-21-48/h5-16,18-25,27-34,44,53-57H,17,26,35-43H2,1-4H3,(H2,67,76)(H,68,78)(H,69,79)(H,70,75)(H,71,77)(H,72,80)(H,73,82)/t44-,53+,54+,55+,56+,57+/m1/s1. The largest absolute Gasteiger partial charge is 0.489 e. The lowest BCUT2D eigenvalue weighted by atomic mass is 10.0. The SMILES string of the molecule is C[C@@H](NC(=O)[C@H](Cc1ccc(OCc2ccccc2)cc1)NC(=O)OC(C)(C)C)C(=O)N[C@@H](Cc1ccccc1)C(=O)NCC(=O)N[C@@H](Cc1ccc(OCc2ccccc2)cc1)C(=O)N1CCC[C@H]1C(=O)N[C@@H](COCc1ccccc1)C(N)=O. The molecule has 1 fully saturated rings. The summed E-state index contributed by atoms with van der Waals surface area (Å²) in [5.41, 5.74) is 9.59. The molecule has 1 heterocycles. The van der Waals surface area contributed by atoms with Crippen LogP contribution in [0.1, 0.15) is 73.9 Å². The van der Waals surface area contributed by atoms with E-state index in [2.05, 4.69) is 31.9 Å². The lowest BCUT2D eigenvalue weighted by Gasteiger charge is -2.30. The molecule has 20 heteroatoms. The number of amides is 8. The van der Waals surface area contributed by atoms with E-state index in [1.807, 2.05) is 91.0 Å². The molecule has 6 aromatic carbocycles. The fraction of sp³-hybridized carbons (Fsp3) is 0.333. The summed E-state index contributed by atoms with van der Waals surface area (Å²) < 4.78 is 23.1. The highest BCUT2D eigenvalue weighted by Crippen LogP contribution is 2.22. The van der Waals surface area contributed by atoms with Gasteiger partial charge in [-0.3, -0.25) is 33.6 Å². The summed E-state index contributed by atoms with van der Waals surface area (Å²) in [5.74, 6) is -3.83. The Labute approximate surface area is 501 Å². The Morgan fingerprint density at radius 1 is 0.523 bits per heavy atom. The molecule has 20 nitrogen and oxygen atoms in total. The van der Waals surface area contributed by atoms with Crippen LogP contribution < -0.4 is 47.1 Å². The molecule has 7 rings (SSSR count). The lowest BCUT2D eigenvalue weighted by molar-refractivity contribution is -0.142. The maximum Gasteiger partial charge on any atom is 0.408 e. The number of primary amides is 1. The minimum Gasteiger partial charge on any atom is -0.489 e. The normalized spacial score (nSPS) is 14.6. The van der Waals surface area contributed by atoms with Crippen molar-refractivity contribution in [3.8, 4) is 11.5 Å². The average molecular weight is 1170 g/mol. The van der Waals surface area contributed by atoms with Crippen molar-refractivity contribution in [3.63, 3.8) is 0 Å². The Morgan fingerprint density at radius 2 is 0.988 bits per heavy atom. The van der Waals surface area contributed by atoms with Gasteiger partial charge in [-0.05, 0) is 98.2 Å². The predicted molar refractivity (Wildman–Crippen MR) is 322 cm³/mol. The van der Waals surface area contributed by atoms with Crippen LogP contribution in [0.3, 0.4) is 0 Å². The van der Waals surface area contributed by atoms with Crippen LogP contribution in [0, 0.1) is 0 Å². The molecule has 0 unspecified atom stereocenters. The number of hydrogen-bond donors (Lipinski definition) is 7. The molecule has 6 aromatic rings. The second kappa shape index (κ2) is 31.9. The van der Waals surface area contributed by atoms with Crippen LogP contribution in [-0.2, 0) is 82.1 Å². The van der Waals surface area contributed by atoms with Gasteiger partial charge in [-0.1, -0.05) is 146 Å². The third-order valence-corrected chi connectivity index (χ3v) is 13.8. The minimum atomic E-state index is -1.27. The molecule has 86 heavy (non-hydrogen) atoms. The van der Waals surface area contributed by atoms with Crippen molar-refractivity contribution < 1.29 is 57.3 Å². The summed E-state index contributed by atoms with van der Waals surface area (Å²) in [6, 6.07) is 44.2. The van der Waals surface area contributed by atoms with Gasteiger partial charge in [0, 0.05) is 25.8 Å². The Bertz CT molecular complexity index is 3190. The first kappa shape index (κ1) is 64.0. The van der Waals surface area contributed by atoms with Gasteiger partial charge in [0.2, 0.25) is 41.4 Å². The topological polar surface area (TPSA) is 275 Å². The molecule has 0 aliphatic carbocycles.